The van der Waals surface area contributed by atoms with Gasteiger partial charge in [0.15, 0.2) is 0 Å². The molecule has 6 heteroatoms. The normalized spacial score (nSPS) is 11.1. The zero-order valence-electron chi connectivity index (χ0n) is 16.2. The van der Waals surface area contributed by atoms with Crippen LogP contribution in [0.1, 0.15) is 30.5 Å². The fourth-order valence-electron chi connectivity index (χ4n) is 2.62. The largest absolute Gasteiger partial charge is 0.491 e. The summed E-state index contributed by atoms with van der Waals surface area (Å²) in [5.74, 6) is 1.17. The van der Waals surface area contributed by atoms with Gasteiger partial charge in [-0.3, -0.25) is 4.57 Å². The van der Waals surface area contributed by atoms with Gasteiger partial charge in [-0.1, -0.05) is 6.07 Å². The van der Waals surface area contributed by atoms with Crippen molar-refractivity contribution in [3.63, 3.8) is 0 Å². The second-order valence-corrected chi connectivity index (χ2v) is 6.62. The standard InChI is InChI=1S/C22H23N3O3/c1-16(2)28-20-6-4-18(12-17(20)3)5-7-22(26)27-14-19-8-9-24-21(13-19)25-11-10-23-15-25/h4-13,15-16H,14H2,1-3H3/b7-5+. The van der Waals surface area contributed by atoms with E-state index in [4.69, 9.17) is 9.47 Å². The number of hydrogen-bond donors (Lipinski definition) is 0. The van der Waals surface area contributed by atoms with Gasteiger partial charge in [-0.2, -0.15) is 0 Å². The maximum Gasteiger partial charge on any atom is 0.331 e. The number of imidazole rings is 1. The topological polar surface area (TPSA) is 66.2 Å². The van der Waals surface area contributed by atoms with Crippen LogP contribution in [0.15, 0.2) is 61.3 Å². The van der Waals surface area contributed by atoms with Crippen molar-refractivity contribution >= 4 is 12.0 Å². The molecule has 0 fully saturated rings. The number of aryl methyl sites for hydroxylation is 1. The molecule has 28 heavy (non-hydrogen) atoms. The van der Waals surface area contributed by atoms with Gasteiger partial charge < -0.3 is 9.47 Å². The Morgan fingerprint density at radius 3 is 2.79 bits per heavy atom. The molecule has 0 N–H and O–H groups in total. The Kier molecular flexibility index (Phi) is 6.22. The van der Waals surface area contributed by atoms with E-state index in [2.05, 4.69) is 9.97 Å². The van der Waals surface area contributed by atoms with E-state index in [-0.39, 0.29) is 12.7 Å². The maximum atomic E-state index is 12.0. The van der Waals surface area contributed by atoms with Crippen LogP contribution in [0.3, 0.4) is 0 Å². The van der Waals surface area contributed by atoms with E-state index >= 15 is 0 Å². The first-order valence-corrected chi connectivity index (χ1v) is 9.06. The average Bonchev–Trinajstić information content (AvgIpc) is 3.21. The Morgan fingerprint density at radius 2 is 2.07 bits per heavy atom. The van der Waals surface area contributed by atoms with E-state index in [1.807, 2.05) is 51.1 Å². The van der Waals surface area contributed by atoms with Gasteiger partial charge in [-0.15, -0.1) is 0 Å². The highest BCUT2D eigenvalue weighted by atomic mass is 16.5. The molecule has 0 saturated heterocycles. The van der Waals surface area contributed by atoms with Crippen LogP contribution in [0, 0.1) is 6.92 Å². The number of nitrogens with zero attached hydrogens (tertiary/aromatic N) is 3. The number of esters is 1. The van der Waals surface area contributed by atoms with Gasteiger partial charge in [-0.05, 0) is 67.8 Å². The molecule has 0 aliphatic carbocycles. The third-order valence-electron chi connectivity index (χ3n) is 3.93. The van der Waals surface area contributed by atoms with Gasteiger partial charge in [0.2, 0.25) is 0 Å². The summed E-state index contributed by atoms with van der Waals surface area (Å²) in [6.45, 7) is 6.14. The van der Waals surface area contributed by atoms with E-state index in [1.165, 1.54) is 6.08 Å². The van der Waals surface area contributed by atoms with Crippen LogP contribution in [0.5, 0.6) is 5.75 Å². The zero-order valence-corrected chi connectivity index (χ0v) is 16.2. The van der Waals surface area contributed by atoms with Crippen molar-refractivity contribution in [2.75, 3.05) is 0 Å². The van der Waals surface area contributed by atoms with E-state index < -0.39 is 5.97 Å². The highest BCUT2D eigenvalue weighted by Gasteiger charge is 2.04. The van der Waals surface area contributed by atoms with Gasteiger partial charge in [0.25, 0.3) is 0 Å². The van der Waals surface area contributed by atoms with Crippen LogP contribution in [0.25, 0.3) is 11.9 Å². The molecule has 1 aromatic carbocycles. The van der Waals surface area contributed by atoms with Gasteiger partial charge in [0.1, 0.15) is 24.5 Å². The van der Waals surface area contributed by atoms with E-state index in [1.54, 1.807) is 35.6 Å². The van der Waals surface area contributed by atoms with Crippen molar-refractivity contribution in [3.8, 4) is 11.6 Å². The zero-order chi connectivity index (χ0) is 19.9. The minimum atomic E-state index is -0.402. The molecule has 0 aliphatic rings. The first kappa shape index (κ1) is 19.4. The monoisotopic (exact) mass is 377 g/mol. The number of rotatable bonds is 7. The molecule has 0 aliphatic heterocycles. The average molecular weight is 377 g/mol. The maximum absolute atomic E-state index is 12.0. The molecule has 0 saturated carbocycles. The van der Waals surface area contributed by atoms with Gasteiger partial charge in [0.05, 0.1) is 6.10 Å². The van der Waals surface area contributed by atoms with Crippen molar-refractivity contribution in [3.05, 3.63) is 78.0 Å². The van der Waals surface area contributed by atoms with Crippen molar-refractivity contribution in [1.82, 2.24) is 14.5 Å². The van der Waals surface area contributed by atoms with Crippen LogP contribution < -0.4 is 4.74 Å². The Hall–Kier alpha value is -3.41. The first-order valence-electron chi connectivity index (χ1n) is 9.06. The van der Waals surface area contributed by atoms with E-state index in [9.17, 15) is 4.79 Å². The molecule has 0 unspecified atom stereocenters. The van der Waals surface area contributed by atoms with Crippen LogP contribution in [0.2, 0.25) is 0 Å². The third kappa shape index (κ3) is 5.30. The smallest absolute Gasteiger partial charge is 0.331 e. The summed E-state index contributed by atoms with van der Waals surface area (Å²) < 4.78 is 12.8. The number of benzene rings is 1. The number of carbonyl (C=O) groups excluding carboxylic acids is 1. The lowest BCUT2D eigenvalue weighted by Gasteiger charge is -2.12. The summed E-state index contributed by atoms with van der Waals surface area (Å²) in [5.41, 5.74) is 2.79. The molecule has 0 atom stereocenters. The molecule has 2 heterocycles. The molecule has 0 radical (unpaired) electrons. The number of aromatic nitrogens is 3. The highest BCUT2D eigenvalue weighted by Crippen LogP contribution is 2.21. The number of pyridine rings is 1. The molecule has 3 rings (SSSR count). The van der Waals surface area contributed by atoms with Gasteiger partial charge in [-0.25, -0.2) is 14.8 Å². The highest BCUT2D eigenvalue weighted by molar-refractivity contribution is 5.87. The molecule has 0 bridgehead atoms. The van der Waals surface area contributed by atoms with E-state index in [0.717, 1.165) is 28.3 Å². The number of ether oxygens (including phenoxy) is 2. The minimum Gasteiger partial charge on any atom is -0.491 e. The molecule has 0 amide bonds. The van der Waals surface area contributed by atoms with Crippen LogP contribution in [-0.4, -0.2) is 26.6 Å². The summed E-state index contributed by atoms with van der Waals surface area (Å²) in [6.07, 6.45) is 10.1. The predicted molar refractivity (Wildman–Crippen MR) is 107 cm³/mol. The lowest BCUT2D eigenvalue weighted by atomic mass is 10.1. The lowest BCUT2D eigenvalue weighted by Crippen LogP contribution is -2.06. The lowest BCUT2D eigenvalue weighted by molar-refractivity contribution is -0.138. The minimum absolute atomic E-state index is 0.123. The van der Waals surface area contributed by atoms with Crippen molar-refractivity contribution in [1.29, 1.82) is 0 Å². The fourth-order valence-corrected chi connectivity index (χ4v) is 2.62. The van der Waals surface area contributed by atoms with Crippen molar-refractivity contribution in [2.24, 2.45) is 0 Å². The van der Waals surface area contributed by atoms with Crippen LogP contribution in [0.4, 0.5) is 0 Å². The summed E-state index contributed by atoms with van der Waals surface area (Å²) in [4.78, 5) is 20.3. The second-order valence-electron chi connectivity index (χ2n) is 6.62. The molecule has 3 aromatic rings. The molecule has 0 spiro atoms. The summed E-state index contributed by atoms with van der Waals surface area (Å²) in [5, 5.41) is 0. The SMILES string of the molecule is Cc1cc(/C=C/C(=O)OCc2ccnc(-n3ccnc3)c2)ccc1OC(C)C. The molecular formula is C22H23N3O3. The Bertz CT molecular complexity index is 963. The Labute approximate surface area is 164 Å². The van der Waals surface area contributed by atoms with Crippen molar-refractivity contribution < 1.29 is 14.3 Å². The first-order chi connectivity index (χ1) is 13.5. The van der Waals surface area contributed by atoms with Crippen LogP contribution >= 0.6 is 0 Å². The molecule has 6 nitrogen and oxygen atoms in total. The van der Waals surface area contributed by atoms with Crippen LogP contribution in [-0.2, 0) is 16.1 Å². The predicted octanol–water partition coefficient (Wildman–Crippen LogP) is 4.12. The summed E-state index contributed by atoms with van der Waals surface area (Å²) >= 11 is 0. The number of hydrogen-bond acceptors (Lipinski definition) is 5. The molecule has 144 valence electrons. The van der Waals surface area contributed by atoms with Gasteiger partial charge in [0, 0.05) is 24.7 Å². The molecular weight excluding hydrogens is 354 g/mol. The Balaban J connectivity index is 1.57. The quantitative estimate of drug-likeness (QED) is 0.458. The third-order valence-corrected chi connectivity index (χ3v) is 3.93. The second kappa shape index (κ2) is 8.99. The Morgan fingerprint density at radius 1 is 1.21 bits per heavy atom. The summed E-state index contributed by atoms with van der Waals surface area (Å²) in [7, 11) is 0. The summed E-state index contributed by atoms with van der Waals surface area (Å²) in [6, 6.07) is 9.47. The van der Waals surface area contributed by atoms with Crippen molar-refractivity contribution in [2.45, 2.75) is 33.5 Å². The fraction of sp³-hybridized carbons (Fsp3) is 0.227. The number of carbonyl (C=O) groups is 1. The van der Waals surface area contributed by atoms with Gasteiger partial charge >= 0.3 is 5.97 Å². The van der Waals surface area contributed by atoms with E-state index in [0.29, 0.717) is 0 Å². The molecule has 2 aromatic heterocycles.